The molecule has 0 saturated heterocycles. The van der Waals surface area contributed by atoms with Crippen molar-refractivity contribution in [2.75, 3.05) is 7.05 Å². The molecule has 0 saturated carbocycles. The molecule has 0 aliphatic carbocycles. The van der Waals surface area contributed by atoms with E-state index >= 15 is 0 Å². The van der Waals surface area contributed by atoms with Gasteiger partial charge in [-0.1, -0.05) is 24.9 Å². The first-order valence-corrected chi connectivity index (χ1v) is 11.8. The van der Waals surface area contributed by atoms with Crippen molar-refractivity contribution < 1.29 is 4.79 Å². The van der Waals surface area contributed by atoms with Crippen molar-refractivity contribution in [3.05, 3.63) is 73.9 Å². The number of aromatic nitrogens is 2. The summed E-state index contributed by atoms with van der Waals surface area (Å²) in [5, 5.41) is 14.8. The van der Waals surface area contributed by atoms with Gasteiger partial charge in [-0.3, -0.25) is 9.59 Å². The van der Waals surface area contributed by atoms with Gasteiger partial charge < -0.3 is 25.6 Å². The average Bonchev–Trinajstić information content (AvgIpc) is 3.13. The van der Waals surface area contributed by atoms with Gasteiger partial charge in [-0.2, -0.15) is 0 Å². The van der Waals surface area contributed by atoms with Crippen LogP contribution in [0, 0.1) is 12.3 Å². The molecule has 0 atom stereocenters. The summed E-state index contributed by atoms with van der Waals surface area (Å²) in [6.07, 6.45) is 6.44. The Morgan fingerprint density at radius 1 is 1.29 bits per heavy atom. The molecule has 0 unspecified atom stereocenters. The molecule has 1 aromatic carbocycles. The van der Waals surface area contributed by atoms with Crippen LogP contribution in [0.2, 0.25) is 5.02 Å². The van der Waals surface area contributed by atoms with E-state index in [1.54, 1.807) is 19.3 Å². The predicted octanol–water partition coefficient (Wildman–Crippen LogP) is 4.96. The van der Waals surface area contributed by atoms with E-state index in [0.29, 0.717) is 27.1 Å². The molecule has 3 rings (SSSR count). The van der Waals surface area contributed by atoms with E-state index in [1.807, 2.05) is 43.7 Å². The number of aryl methyl sites for hydroxylation is 2. The lowest BCUT2D eigenvalue weighted by molar-refractivity contribution is 0.0952. The number of carbonyl (C=O) groups is 1. The van der Waals surface area contributed by atoms with Gasteiger partial charge in [0.15, 0.2) is 0 Å². The number of benzene rings is 1. The lowest BCUT2D eigenvalue weighted by atomic mass is 10.00. The zero-order valence-electron chi connectivity index (χ0n) is 20.3. The van der Waals surface area contributed by atoms with E-state index in [-0.39, 0.29) is 24.1 Å². The minimum atomic E-state index is -0.327. The zero-order valence-corrected chi connectivity index (χ0v) is 21.1. The first-order chi connectivity index (χ1) is 16.2. The Balaban J connectivity index is 2.10. The molecule has 0 bridgehead atoms. The molecule has 0 radical (unpaired) electrons. The standard InChI is InChI=1S/C26H32ClN5O2/c1-6-7-17-8-16(4)31-26(34)21(17)13-30-25(33)20-9-18(19(11-28)12-29-5)10-23-24(20)22(27)14-32(23)15(2)3/h8-12,14-15,28-29H,6-7,13H2,1-5H3,(H,30,33)(H,31,34)/b19-12+,28-11?. The fourth-order valence-electron chi connectivity index (χ4n) is 4.21. The summed E-state index contributed by atoms with van der Waals surface area (Å²) in [4.78, 5) is 28.9. The number of hydrogen-bond acceptors (Lipinski definition) is 4. The van der Waals surface area contributed by atoms with Crippen LogP contribution in [0.25, 0.3) is 16.5 Å². The third-order valence-corrected chi connectivity index (χ3v) is 6.07. The lowest BCUT2D eigenvalue weighted by Gasteiger charge is -2.14. The second-order valence-electron chi connectivity index (χ2n) is 8.65. The molecule has 2 aromatic heterocycles. The van der Waals surface area contributed by atoms with Gasteiger partial charge in [-0.25, -0.2) is 0 Å². The van der Waals surface area contributed by atoms with Gasteiger partial charge in [0.1, 0.15) is 0 Å². The Morgan fingerprint density at radius 2 is 2.03 bits per heavy atom. The van der Waals surface area contributed by atoms with Gasteiger partial charge in [-0.05, 0) is 56.5 Å². The first-order valence-electron chi connectivity index (χ1n) is 11.4. The molecule has 8 heteroatoms. The van der Waals surface area contributed by atoms with Crippen LogP contribution >= 0.6 is 11.6 Å². The number of nitrogens with zero attached hydrogens (tertiary/aromatic N) is 1. The van der Waals surface area contributed by atoms with Crippen molar-refractivity contribution in [1.82, 2.24) is 20.2 Å². The van der Waals surface area contributed by atoms with Crippen LogP contribution in [-0.2, 0) is 13.0 Å². The smallest absolute Gasteiger partial charge is 0.253 e. The van der Waals surface area contributed by atoms with Gasteiger partial charge in [-0.15, -0.1) is 0 Å². The van der Waals surface area contributed by atoms with Crippen molar-refractivity contribution in [3.63, 3.8) is 0 Å². The number of amides is 1. The number of fused-ring (bicyclic) bond motifs is 1. The lowest BCUT2D eigenvalue weighted by Crippen LogP contribution is -2.28. The SMILES string of the molecule is CCCc1cc(C)[nH]c(=O)c1CNC(=O)c1cc(/C(C=N)=C/NC)cc2c1c(Cl)cn2C(C)C. The molecular formula is C26H32ClN5O2. The minimum Gasteiger partial charge on any atom is -0.393 e. The maximum atomic E-state index is 13.4. The quantitative estimate of drug-likeness (QED) is 0.324. The number of allylic oxidation sites excluding steroid dienone is 1. The normalized spacial score (nSPS) is 11.8. The highest BCUT2D eigenvalue weighted by Gasteiger charge is 2.20. The first kappa shape index (κ1) is 25.3. The molecular weight excluding hydrogens is 450 g/mol. The van der Waals surface area contributed by atoms with E-state index in [2.05, 4.69) is 22.5 Å². The van der Waals surface area contributed by atoms with Gasteiger partial charge >= 0.3 is 0 Å². The van der Waals surface area contributed by atoms with Gasteiger partial charge in [0.25, 0.3) is 11.5 Å². The van der Waals surface area contributed by atoms with Crippen LogP contribution in [0.1, 0.15) is 66.0 Å². The highest BCUT2D eigenvalue weighted by Crippen LogP contribution is 2.34. The van der Waals surface area contributed by atoms with Crippen LogP contribution in [0.15, 0.2) is 35.4 Å². The van der Waals surface area contributed by atoms with Crippen molar-refractivity contribution >= 4 is 40.2 Å². The third-order valence-electron chi connectivity index (χ3n) is 5.78. The van der Waals surface area contributed by atoms with Gasteiger partial charge in [0.2, 0.25) is 0 Å². The fourth-order valence-corrected chi connectivity index (χ4v) is 4.51. The Labute approximate surface area is 204 Å². The monoisotopic (exact) mass is 481 g/mol. The molecule has 0 fully saturated rings. The number of H-pyrrole nitrogens is 1. The van der Waals surface area contributed by atoms with Crippen LogP contribution in [-0.4, -0.2) is 28.7 Å². The molecule has 2 heterocycles. The van der Waals surface area contributed by atoms with E-state index in [0.717, 1.165) is 35.2 Å². The maximum Gasteiger partial charge on any atom is 0.253 e. The summed E-state index contributed by atoms with van der Waals surface area (Å²) < 4.78 is 2.02. The summed E-state index contributed by atoms with van der Waals surface area (Å²) in [6, 6.07) is 5.77. The number of aromatic amines is 1. The van der Waals surface area contributed by atoms with Crippen LogP contribution < -0.4 is 16.2 Å². The summed E-state index contributed by atoms with van der Waals surface area (Å²) in [6.45, 7) is 8.11. The molecule has 3 aromatic rings. The van der Waals surface area contributed by atoms with Crippen LogP contribution in [0.5, 0.6) is 0 Å². The van der Waals surface area contributed by atoms with Crippen molar-refractivity contribution in [2.45, 2.75) is 53.1 Å². The zero-order chi connectivity index (χ0) is 25.0. The summed E-state index contributed by atoms with van der Waals surface area (Å²) in [7, 11) is 1.76. The van der Waals surface area contributed by atoms with Crippen molar-refractivity contribution in [2.24, 2.45) is 0 Å². The minimum absolute atomic E-state index is 0.113. The molecule has 7 nitrogen and oxygen atoms in total. The number of carbonyl (C=O) groups excluding carboxylic acids is 1. The summed E-state index contributed by atoms with van der Waals surface area (Å²) >= 11 is 6.60. The third kappa shape index (κ3) is 5.09. The maximum absolute atomic E-state index is 13.4. The molecule has 34 heavy (non-hydrogen) atoms. The molecule has 0 spiro atoms. The van der Waals surface area contributed by atoms with Gasteiger partial charge in [0.05, 0.1) is 16.1 Å². The number of halogens is 1. The number of nitrogens with one attached hydrogen (secondary N) is 4. The van der Waals surface area contributed by atoms with Crippen LogP contribution in [0.4, 0.5) is 0 Å². The number of pyridine rings is 1. The fraction of sp³-hybridized carbons (Fsp3) is 0.346. The summed E-state index contributed by atoms with van der Waals surface area (Å²) in [5.74, 6) is -0.327. The van der Waals surface area contributed by atoms with Crippen molar-refractivity contribution in [3.8, 4) is 0 Å². The number of hydrogen-bond donors (Lipinski definition) is 4. The largest absolute Gasteiger partial charge is 0.393 e. The molecule has 180 valence electrons. The second-order valence-corrected chi connectivity index (χ2v) is 9.05. The Kier molecular flexibility index (Phi) is 7.99. The summed E-state index contributed by atoms with van der Waals surface area (Å²) in [5.41, 5.74) is 4.69. The molecule has 1 amide bonds. The Hall–Kier alpha value is -3.32. The number of rotatable bonds is 9. The molecule has 4 N–H and O–H groups in total. The molecule has 0 aliphatic rings. The predicted molar refractivity (Wildman–Crippen MR) is 140 cm³/mol. The average molecular weight is 482 g/mol. The van der Waals surface area contributed by atoms with Gasteiger partial charge in [0, 0.05) is 60.5 Å². The highest BCUT2D eigenvalue weighted by atomic mass is 35.5. The second kappa shape index (κ2) is 10.7. The van der Waals surface area contributed by atoms with E-state index < -0.39 is 0 Å². The van der Waals surface area contributed by atoms with Crippen LogP contribution in [0.3, 0.4) is 0 Å². The Morgan fingerprint density at radius 3 is 2.65 bits per heavy atom. The van der Waals surface area contributed by atoms with E-state index in [4.69, 9.17) is 17.0 Å². The molecule has 0 aliphatic heterocycles. The Bertz CT molecular complexity index is 1320. The topological polar surface area (TPSA) is 103 Å². The van der Waals surface area contributed by atoms with E-state index in [1.165, 1.54) is 6.21 Å². The van der Waals surface area contributed by atoms with E-state index in [9.17, 15) is 9.59 Å². The highest BCUT2D eigenvalue weighted by molar-refractivity contribution is 6.37. The van der Waals surface area contributed by atoms with Crippen molar-refractivity contribution in [1.29, 1.82) is 5.41 Å².